The Bertz CT molecular complexity index is 2320. The first-order valence-corrected chi connectivity index (χ1v) is 16.7. The lowest BCUT2D eigenvalue weighted by molar-refractivity contribution is 0.154. The summed E-state index contributed by atoms with van der Waals surface area (Å²) in [5.41, 5.74) is 12.1. The van der Waals surface area contributed by atoms with Gasteiger partial charge in [-0.1, -0.05) is 98.8 Å². The lowest BCUT2D eigenvalue weighted by Crippen LogP contribution is -2.72. The summed E-state index contributed by atoms with van der Waals surface area (Å²) >= 11 is 0. The van der Waals surface area contributed by atoms with Crippen LogP contribution in [-0.2, 0) is 5.41 Å². The van der Waals surface area contributed by atoms with Crippen molar-refractivity contribution in [3.8, 4) is 0 Å². The van der Waals surface area contributed by atoms with Crippen molar-refractivity contribution in [1.82, 2.24) is 9.97 Å². The summed E-state index contributed by atoms with van der Waals surface area (Å²) in [7, 11) is 0. The van der Waals surface area contributed by atoms with E-state index in [4.69, 9.17) is 9.97 Å². The van der Waals surface area contributed by atoms with Gasteiger partial charge in [-0.3, -0.25) is 9.80 Å². The quantitative estimate of drug-likeness (QED) is 0.192. The fourth-order valence-electron chi connectivity index (χ4n) is 9.88. The second-order valence-electron chi connectivity index (χ2n) is 13.7. The van der Waals surface area contributed by atoms with Gasteiger partial charge in [-0.15, -0.1) is 0 Å². The topological polar surface area (TPSA) is 38.7 Å². The van der Waals surface area contributed by atoms with E-state index in [-0.39, 0.29) is 23.2 Å². The number of hydrogen-bond donors (Lipinski definition) is 0. The van der Waals surface area contributed by atoms with Crippen LogP contribution in [0.1, 0.15) is 25.0 Å². The molecule has 4 aliphatic heterocycles. The zero-order chi connectivity index (χ0) is 31.8. The lowest BCUT2D eigenvalue weighted by atomic mass is 9.40. The zero-order valence-electron chi connectivity index (χ0n) is 26.7. The van der Waals surface area contributed by atoms with E-state index in [0.29, 0.717) is 0 Å². The summed E-state index contributed by atoms with van der Waals surface area (Å²) in [5.74, 6) is 1.78. The van der Waals surface area contributed by atoms with Gasteiger partial charge in [-0.25, -0.2) is 9.97 Å². The Labute approximate surface area is 279 Å². The number of hydrogen-bond acceptors (Lipinski definition) is 6. The molecule has 1 aromatic heterocycles. The van der Waals surface area contributed by atoms with Gasteiger partial charge in [0.2, 0.25) is 0 Å². The molecule has 5 aliphatic rings. The van der Waals surface area contributed by atoms with Crippen LogP contribution in [0.3, 0.4) is 0 Å². The molecule has 0 radical (unpaired) electrons. The molecule has 0 bridgehead atoms. The molecule has 0 saturated heterocycles. The van der Waals surface area contributed by atoms with Crippen molar-refractivity contribution in [2.75, 3.05) is 19.6 Å². The Morgan fingerprint density at radius 2 is 1.02 bits per heavy atom. The van der Waals surface area contributed by atoms with Crippen molar-refractivity contribution in [3.05, 3.63) is 163 Å². The Balaban J connectivity index is 1.26. The molecule has 5 heterocycles. The first-order chi connectivity index (χ1) is 23.6. The van der Waals surface area contributed by atoms with E-state index < -0.39 is 0 Å². The molecule has 0 saturated carbocycles. The van der Waals surface area contributed by atoms with Gasteiger partial charge in [0.25, 0.3) is 0 Å². The first kappa shape index (κ1) is 26.2. The highest BCUT2D eigenvalue weighted by atomic mass is 15.5. The summed E-state index contributed by atoms with van der Waals surface area (Å²) in [5, 5.41) is 0. The molecule has 6 nitrogen and oxygen atoms in total. The van der Waals surface area contributed by atoms with Gasteiger partial charge in [-0.2, -0.15) is 0 Å². The molecular weight excluding hydrogens is 589 g/mol. The summed E-state index contributed by atoms with van der Waals surface area (Å²) in [6.07, 6.45) is 3.49. The van der Waals surface area contributed by atoms with Crippen molar-refractivity contribution in [3.63, 3.8) is 0 Å². The van der Waals surface area contributed by atoms with Crippen LogP contribution in [0.2, 0.25) is 0 Å². The molecule has 0 fully saturated rings. The van der Waals surface area contributed by atoms with Crippen LogP contribution in [-0.4, -0.2) is 22.3 Å². The van der Waals surface area contributed by atoms with Crippen molar-refractivity contribution in [2.24, 2.45) is 5.41 Å². The van der Waals surface area contributed by atoms with Gasteiger partial charge < -0.3 is 9.80 Å². The van der Waals surface area contributed by atoms with Crippen LogP contribution in [0.4, 0.5) is 45.8 Å². The van der Waals surface area contributed by atoms with Gasteiger partial charge >= 0.3 is 0 Å². The molecule has 11 rings (SSSR count). The summed E-state index contributed by atoms with van der Waals surface area (Å²) < 4.78 is 0. The molecule has 230 valence electrons. The van der Waals surface area contributed by atoms with Gasteiger partial charge in [0.1, 0.15) is 12.3 Å². The minimum Gasteiger partial charge on any atom is -0.317 e. The maximum absolute atomic E-state index is 5.02. The van der Waals surface area contributed by atoms with E-state index in [2.05, 4.69) is 167 Å². The minimum absolute atomic E-state index is 0.0229. The molecule has 4 atom stereocenters. The van der Waals surface area contributed by atoms with Gasteiger partial charge in [0.15, 0.2) is 11.6 Å². The van der Waals surface area contributed by atoms with Crippen LogP contribution >= 0.6 is 0 Å². The maximum Gasteiger partial charge on any atom is 0.178 e. The number of rotatable bonds is 2. The number of fused-ring (bicyclic) bond motifs is 17. The molecule has 0 N–H and O–H groups in total. The van der Waals surface area contributed by atoms with Gasteiger partial charge in [-0.05, 0) is 65.2 Å². The van der Waals surface area contributed by atoms with Crippen LogP contribution in [0.15, 0.2) is 151 Å². The van der Waals surface area contributed by atoms with Gasteiger partial charge in [0.05, 0.1) is 17.1 Å². The van der Waals surface area contributed by atoms with Crippen LogP contribution in [0.25, 0.3) is 5.57 Å². The van der Waals surface area contributed by atoms with Gasteiger partial charge in [0, 0.05) is 45.8 Å². The maximum atomic E-state index is 5.02. The second kappa shape index (κ2) is 8.92. The van der Waals surface area contributed by atoms with Crippen molar-refractivity contribution in [1.29, 1.82) is 0 Å². The van der Waals surface area contributed by atoms with E-state index in [0.717, 1.165) is 17.3 Å². The van der Waals surface area contributed by atoms with Crippen LogP contribution in [0, 0.1) is 5.41 Å². The second-order valence-corrected chi connectivity index (χ2v) is 13.7. The molecular formula is C42H32N6. The molecule has 4 unspecified atom stereocenters. The smallest absolute Gasteiger partial charge is 0.178 e. The average Bonchev–Trinajstić information content (AvgIpc) is 3.68. The third kappa shape index (κ3) is 2.84. The zero-order valence-corrected chi connectivity index (χ0v) is 26.7. The lowest BCUT2D eigenvalue weighted by Gasteiger charge is -2.70. The monoisotopic (exact) mass is 620 g/mol. The van der Waals surface area contributed by atoms with Crippen molar-refractivity contribution < 1.29 is 0 Å². The van der Waals surface area contributed by atoms with E-state index in [1.807, 2.05) is 12.4 Å². The van der Waals surface area contributed by atoms with E-state index in [1.54, 1.807) is 0 Å². The van der Waals surface area contributed by atoms with Crippen LogP contribution < -0.4 is 19.6 Å². The summed E-state index contributed by atoms with van der Waals surface area (Å²) in [6, 6.07) is 48.6. The predicted octanol–water partition coefficient (Wildman–Crippen LogP) is 9.47. The normalized spacial score (nSPS) is 25.2. The Kier molecular flexibility index (Phi) is 4.87. The number of allylic oxidation sites excluding steroid dienone is 1. The Morgan fingerprint density at radius 3 is 1.71 bits per heavy atom. The fraction of sp³-hybridized carbons (Fsp3) is 0.143. The summed E-state index contributed by atoms with van der Waals surface area (Å²) in [4.78, 5) is 20.1. The third-order valence-corrected chi connectivity index (χ3v) is 11.8. The van der Waals surface area contributed by atoms with Crippen LogP contribution in [0.5, 0.6) is 0 Å². The molecule has 5 aromatic carbocycles. The number of anilines is 8. The average molecular weight is 621 g/mol. The van der Waals surface area contributed by atoms with E-state index in [9.17, 15) is 0 Å². The number of para-hydroxylation sites is 6. The molecule has 6 aromatic rings. The third-order valence-electron chi connectivity index (χ3n) is 11.8. The van der Waals surface area contributed by atoms with Crippen molar-refractivity contribution >= 4 is 51.3 Å². The SMILES string of the molecule is CC12C3=C(C4N(c5ccccc5)c5nccnc5N4c4ccccc43)C1(C)C1N(c3ccccc3)c3ccccc3N1c1ccccc12. The first-order valence-electron chi connectivity index (χ1n) is 16.7. The highest BCUT2D eigenvalue weighted by Crippen LogP contribution is 2.77. The standard InChI is InChI=1S/C42H32N6/c1-41-30-20-10-12-22-32(30)47-34-24-14-13-23-33(34)45(27-15-5-3-6-16-27)40(47)42(41,2)36-35(41)29-19-9-11-21-31(29)48-38-37(43-25-26-44-38)46(39(36)48)28-17-7-4-8-18-28/h3-26,39-40H,1-2H3. The van der Waals surface area contributed by atoms with Crippen molar-refractivity contribution in [2.45, 2.75) is 31.6 Å². The number of aromatic nitrogens is 2. The number of nitrogens with zero attached hydrogens (tertiary/aromatic N) is 6. The molecule has 6 heteroatoms. The predicted molar refractivity (Wildman–Crippen MR) is 193 cm³/mol. The molecule has 0 spiro atoms. The fourth-order valence-corrected chi connectivity index (χ4v) is 9.88. The Hall–Kier alpha value is -5.88. The number of benzene rings is 5. The largest absolute Gasteiger partial charge is 0.317 e. The van der Waals surface area contributed by atoms with E-state index >= 15 is 0 Å². The molecule has 0 amide bonds. The Morgan fingerprint density at radius 1 is 0.500 bits per heavy atom. The molecule has 48 heavy (non-hydrogen) atoms. The van der Waals surface area contributed by atoms with E-state index in [1.165, 1.54) is 50.7 Å². The minimum atomic E-state index is -0.350. The highest BCUT2D eigenvalue weighted by molar-refractivity contribution is 6.05. The highest BCUT2D eigenvalue weighted by Gasteiger charge is 2.74. The molecule has 1 aliphatic carbocycles. The summed E-state index contributed by atoms with van der Waals surface area (Å²) in [6.45, 7) is 5.03.